The highest BCUT2D eigenvalue weighted by atomic mass is 19.1. The molecule has 1 unspecified atom stereocenters. The molecule has 2 aliphatic carbocycles. The van der Waals surface area contributed by atoms with Crippen molar-refractivity contribution in [2.75, 3.05) is 0 Å². The van der Waals surface area contributed by atoms with Gasteiger partial charge in [-0.2, -0.15) is 0 Å². The number of aryl methyl sites for hydroxylation is 1. The summed E-state index contributed by atoms with van der Waals surface area (Å²) >= 11 is 0. The number of hydrogen-bond donors (Lipinski definition) is 0. The lowest BCUT2D eigenvalue weighted by molar-refractivity contribution is 0.202. The van der Waals surface area contributed by atoms with Gasteiger partial charge in [0.25, 0.3) is 0 Å². The molecule has 0 aromatic heterocycles. The van der Waals surface area contributed by atoms with Crippen LogP contribution in [0.3, 0.4) is 0 Å². The molecule has 1 atom stereocenters. The Hall–Kier alpha value is -1.96. The Balaban J connectivity index is 1.47. The third-order valence-corrected chi connectivity index (χ3v) is 7.38. The van der Waals surface area contributed by atoms with Gasteiger partial charge in [-0.15, -0.1) is 0 Å². The van der Waals surface area contributed by atoms with Crippen LogP contribution in [-0.4, -0.2) is 0 Å². The average Bonchev–Trinajstić information content (AvgIpc) is 2.75. The summed E-state index contributed by atoms with van der Waals surface area (Å²) in [5.74, 6) is 2.00. The Bertz CT molecular complexity index is 903. The molecule has 2 heteroatoms. The Labute approximate surface area is 180 Å². The normalized spacial score (nSPS) is 24.5. The minimum absolute atomic E-state index is 0.235. The maximum atomic E-state index is 15.0. The lowest BCUT2D eigenvalue weighted by atomic mass is 9.71. The van der Waals surface area contributed by atoms with Gasteiger partial charge in [0.2, 0.25) is 0 Å². The van der Waals surface area contributed by atoms with Gasteiger partial charge in [-0.1, -0.05) is 63.5 Å². The molecule has 160 valence electrons. The largest absolute Gasteiger partial charge is 0.206 e. The van der Waals surface area contributed by atoms with E-state index in [-0.39, 0.29) is 11.6 Å². The van der Waals surface area contributed by atoms with Crippen molar-refractivity contribution in [1.82, 2.24) is 0 Å². The fourth-order valence-corrected chi connectivity index (χ4v) is 5.46. The highest BCUT2D eigenvalue weighted by molar-refractivity contribution is 5.72. The van der Waals surface area contributed by atoms with Gasteiger partial charge in [0, 0.05) is 11.1 Å². The molecule has 1 fully saturated rings. The van der Waals surface area contributed by atoms with Crippen molar-refractivity contribution in [2.45, 2.75) is 71.6 Å². The van der Waals surface area contributed by atoms with Crippen molar-refractivity contribution in [3.63, 3.8) is 0 Å². The van der Waals surface area contributed by atoms with Crippen LogP contribution in [-0.2, 0) is 6.42 Å². The molecule has 0 heterocycles. The molecule has 4 rings (SSSR count). The Morgan fingerprint density at radius 3 is 2.20 bits per heavy atom. The predicted molar refractivity (Wildman–Crippen MR) is 122 cm³/mol. The zero-order valence-electron chi connectivity index (χ0n) is 18.4. The van der Waals surface area contributed by atoms with E-state index in [0.29, 0.717) is 16.7 Å². The van der Waals surface area contributed by atoms with Crippen LogP contribution >= 0.6 is 0 Å². The van der Waals surface area contributed by atoms with Crippen LogP contribution in [0.25, 0.3) is 16.7 Å². The average molecular weight is 409 g/mol. The quantitative estimate of drug-likeness (QED) is 0.464. The molecule has 0 N–H and O–H groups in total. The van der Waals surface area contributed by atoms with Gasteiger partial charge in [0.1, 0.15) is 11.6 Å². The van der Waals surface area contributed by atoms with Crippen molar-refractivity contribution in [3.05, 3.63) is 65.2 Å². The summed E-state index contributed by atoms with van der Waals surface area (Å²) in [7, 11) is 0. The second-order valence-electron chi connectivity index (χ2n) is 9.54. The summed E-state index contributed by atoms with van der Waals surface area (Å²) in [4.78, 5) is 0. The second kappa shape index (κ2) is 9.45. The van der Waals surface area contributed by atoms with Crippen LogP contribution in [0.15, 0.2) is 42.5 Å². The van der Waals surface area contributed by atoms with Gasteiger partial charge in [-0.3, -0.25) is 0 Å². The van der Waals surface area contributed by atoms with E-state index in [1.54, 1.807) is 12.1 Å². The maximum Gasteiger partial charge on any atom is 0.131 e. The highest BCUT2D eigenvalue weighted by Crippen LogP contribution is 2.41. The molecule has 2 aromatic carbocycles. The van der Waals surface area contributed by atoms with Crippen molar-refractivity contribution < 1.29 is 8.78 Å². The first-order valence-electron chi connectivity index (χ1n) is 11.8. The minimum Gasteiger partial charge on any atom is -0.206 e. The molecule has 0 bridgehead atoms. The topological polar surface area (TPSA) is 0 Å². The lowest BCUT2D eigenvalue weighted by Crippen LogP contribution is -2.22. The summed E-state index contributed by atoms with van der Waals surface area (Å²) < 4.78 is 29.5. The van der Waals surface area contributed by atoms with Gasteiger partial charge in [-0.05, 0) is 85.1 Å². The number of allylic oxidation sites excluding steroid dienone is 2. The fourth-order valence-electron chi connectivity index (χ4n) is 5.46. The molecular formula is C28H34F2. The third kappa shape index (κ3) is 4.68. The van der Waals surface area contributed by atoms with Crippen LogP contribution in [0.5, 0.6) is 0 Å². The molecule has 0 amide bonds. The van der Waals surface area contributed by atoms with Crippen LogP contribution in [0.1, 0.15) is 76.3 Å². The zero-order chi connectivity index (χ0) is 21.1. The fraction of sp³-hybridized carbons (Fsp3) is 0.500. The maximum absolute atomic E-state index is 15.0. The summed E-state index contributed by atoms with van der Waals surface area (Å²) in [6.45, 7) is 4.45. The van der Waals surface area contributed by atoms with E-state index in [9.17, 15) is 8.78 Å². The summed E-state index contributed by atoms with van der Waals surface area (Å²) in [5, 5.41) is 0. The van der Waals surface area contributed by atoms with E-state index in [1.165, 1.54) is 38.2 Å². The van der Waals surface area contributed by atoms with E-state index >= 15 is 0 Å². The summed E-state index contributed by atoms with van der Waals surface area (Å²) in [6.07, 6.45) is 12.8. The van der Waals surface area contributed by atoms with Gasteiger partial charge < -0.3 is 0 Å². The third-order valence-electron chi connectivity index (χ3n) is 7.38. The van der Waals surface area contributed by atoms with E-state index < -0.39 is 0 Å². The number of rotatable bonds is 5. The number of halogens is 2. The van der Waals surface area contributed by atoms with E-state index in [2.05, 4.69) is 19.9 Å². The monoisotopic (exact) mass is 408 g/mol. The standard InChI is InChI=1S/C28H34F2/c1-3-4-20-7-15-26(27(29)17-20)24-14-16-25(28(30)18-24)23-12-10-22(11-13-23)21-8-5-19(2)6-9-21/h7,12,14-19,21-22H,3-6,8-11,13H2,1-2H3. The SMILES string of the molecule is CCCc1ccc(-c2ccc(C3=CCC(C4CCC(C)CC4)CC3)c(F)c2)c(F)c1. The molecular weight excluding hydrogens is 374 g/mol. The molecule has 30 heavy (non-hydrogen) atoms. The molecule has 2 aromatic rings. The van der Waals surface area contributed by atoms with Gasteiger partial charge in [0.05, 0.1) is 0 Å². The molecule has 0 nitrogen and oxygen atoms in total. The first-order valence-corrected chi connectivity index (χ1v) is 11.8. The second-order valence-corrected chi connectivity index (χ2v) is 9.54. The van der Waals surface area contributed by atoms with E-state index in [0.717, 1.165) is 54.6 Å². The van der Waals surface area contributed by atoms with Gasteiger partial charge in [-0.25, -0.2) is 8.78 Å². The molecule has 2 aliphatic rings. The predicted octanol–water partition coefficient (Wildman–Crippen LogP) is 8.59. The van der Waals surface area contributed by atoms with Crippen molar-refractivity contribution >= 4 is 5.57 Å². The lowest BCUT2D eigenvalue weighted by Gasteiger charge is -2.34. The number of benzene rings is 2. The summed E-state index contributed by atoms with van der Waals surface area (Å²) in [6, 6.07) is 10.5. The van der Waals surface area contributed by atoms with Crippen LogP contribution < -0.4 is 0 Å². The highest BCUT2D eigenvalue weighted by Gasteiger charge is 2.28. The molecule has 0 saturated heterocycles. The van der Waals surface area contributed by atoms with Gasteiger partial charge in [0.15, 0.2) is 0 Å². The summed E-state index contributed by atoms with van der Waals surface area (Å²) in [5.41, 5.74) is 3.90. The molecule has 1 saturated carbocycles. The van der Waals surface area contributed by atoms with Crippen LogP contribution in [0, 0.1) is 29.4 Å². The molecule has 0 radical (unpaired) electrons. The molecule has 0 aliphatic heterocycles. The van der Waals surface area contributed by atoms with Crippen molar-refractivity contribution in [2.24, 2.45) is 17.8 Å². The van der Waals surface area contributed by atoms with E-state index in [4.69, 9.17) is 0 Å². The van der Waals surface area contributed by atoms with Crippen LogP contribution in [0.2, 0.25) is 0 Å². The molecule has 0 spiro atoms. The van der Waals surface area contributed by atoms with Gasteiger partial charge >= 0.3 is 0 Å². The van der Waals surface area contributed by atoms with Crippen molar-refractivity contribution in [3.8, 4) is 11.1 Å². The van der Waals surface area contributed by atoms with Crippen LogP contribution in [0.4, 0.5) is 8.78 Å². The Morgan fingerprint density at radius 1 is 0.833 bits per heavy atom. The Kier molecular flexibility index (Phi) is 6.71. The van der Waals surface area contributed by atoms with E-state index in [1.807, 2.05) is 18.2 Å². The first-order chi connectivity index (χ1) is 14.5. The Morgan fingerprint density at radius 2 is 1.57 bits per heavy atom. The number of hydrogen-bond acceptors (Lipinski definition) is 0. The van der Waals surface area contributed by atoms with Crippen molar-refractivity contribution in [1.29, 1.82) is 0 Å². The first kappa shape index (κ1) is 21.3. The smallest absolute Gasteiger partial charge is 0.131 e. The minimum atomic E-state index is -0.269. The zero-order valence-corrected chi connectivity index (χ0v) is 18.4.